The number of nitrogens with one attached hydrogen (secondary N) is 2. The molecule has 5 rings (SSSR count). The second-order valence-corrected chi connectivity index (χ2v) is 10.3. The van der Waals surface area contributed by atoms with E-state index in [1.54, 1.807) is 12.3 Å². The van der Waals surface area contributed by atoms with E-state index in [9.17, 15) is 18.0 Å². The Kier molecular flexibility index (Phi) is 7.10. The van der Waals surface area contributed by atoms with Gasteiger partial charge in [0.05, 0.1) is 23.3 Å². The number of halogens is 4. The lowest BCUT2D eigenvalue weighted by Gasteiger charge is -2.31. The van der Waals surface area contributed by atoms with Crippen molar-refractivity contribution in [2.75, 3.05) is 5.32 Å². The van der Waals surface area contributed by atoms with Gasteiger partial charge in [0.15, 0.2) is 0 Å². The number of aromatic nitrogens is 3. The van der Waals surface area contributed by atoms with Crippen LogP contribution in [0.5, 0.6) is 0 Å². The second kappa shape index (κ2) is 10.3. The van der Waals surface area contributed by atoms with E-state index in [1.165, 1.54) is 31.4 Å². The Morgan fingerprint density at radius 2 is 1.81 bits per heavy atom. The van der Waals surface area contributed by atoms with E-state index in [2.05, 4.69) is 20.7 Å². The highest BCUT2D eigenvalue weighted by molar-refractivity contribution is 6.31. The van der Waals surface area contributed by atoms with Crippen LogP contribution in [0.2, 0.25) is 5.02 Å². The molecule has 0 aliphatic heterocycles. The molecule has 10 heteroatoms. The Labute approximate surface area is 212 Å². The quantitative estimate of drug-likeness (QED) is 0.390. The molecule has 6 nitrogen and oxygen atoms in total. The van der Waals surface area contributed by atoms with E-state index < -0.39 is 11.9 Å². The zero-order valence-corrected chi connectivity index (χ0v) is 20.6. The van der Waals surface area contributed by atoms with Crippen molar-refractivity contribution in [3.05, 3.63) is 52.9 Å². The van der Waals surface area contributed by atoms with Crippen molar-refractivity contribution < 1.29 is 18.0 Å². The molecule has 2 fully saturated rings. The average Bonchev–Trinajstić information content (AvgIpc) is 3.35. The minimum atomic E-state index is -4.56. The zero-order chi connectivity index (χ0) is 25.3. The monoisotopic (exact) mass is 519 g/mol. The van der Waals surface area contributed by atoms with Crippen molar-refractivity contribution in [2.24, 2.45) is 0 Å². The van der Waals surface area contributed by atoms with E-state index in [1.807, 2.05) is 10.9 Å². The van der Waals surface area contributed by atoms with Crippen LogP contribution in [0.1, 0.15) is 79.9 Å². The van der Waals surface area contributed by atoms with Gasteiger partial charge in [0.1, 0.15) is 5.69 Å². The van der Waals surface area contributed by atoms with Crippen molar-refractivity contribution in [3.63, 3.8) is 0 Å². The number of benzene rings is 1. The third-order valence-corrected chi connectivity index (χ3v) is 7.48. The molecule has 0 radical (unpaired) electrons. The lowest BCUT2D eigenvalue weighted by Crippen LogP contribution is -2.41. The maximum Gasteiger partial charge on any atom is 0.433 e. The van der Waals surface area contributed by atoms with Crippen LogP contribution in [0.3, 0.4) is 0 Å². The van der Waals surface area contributed by atoms with Crippen molar-refractivity contribution in [2.45, 2.75) is 82.1 Å². The number of nitrogens with zero attached hydrogens (tertiary/aromatic N) is 3. The summed E-state index contributed by atoms with van der Waals surface area (Å²) in [5, 5.41) is 11.8. The number of pyridine rings is 1. The van der Waals surface area contributed by atoms with Crippen molar-refractivity contribution in [1.82, 2.24) is 20.1 Å². The van der Waals surface area contributed by atoms with Crippen LogP contribution < -0.4 is 10.6 Å². The van der Waals surface area contributed by atoms with Gasteiger partial charge in [0.25, 0.3) is 5.91 Å². The molecule has 2 aromatic heterocycles. The minimum absolute atomic E-state index is 0.0828. The number of rotatable bonds is 5. The number of alkyl halides is 3. The highest BCUT2D eigenvalue weighted by Crippen LogP contribution is 2.35. The summed E-state index contributed by atoms with van der Waals surface area (Å²) in [6, 6.07) is 5.87. The predicted octanol–water partition coefficient (Wildman–Crippen LogP) is 6.76. The second-order valence-electron chi connectivity index (χ2n) is 9.89. The Bertz CT molecular complexity index is 1240. The largest absolute Gasteiger partial charge is 0.433 e. The Morgan fingerprint density at radius 3 is 2.58 bits per heavy atom. The first-order chi connectivity index (χ1) is 17.3. The number of anilines is 1. The van der Waals surface area contributed by atoms with Gasteiger partial charge >= 0.3 is 6.18 Å². The molecular formula is C26H29ClF3N5O. The first-order valence-electron chi connectivity index (χ1n) is 12.6. The molecule has 192 valence electrons. The van der Waals surface area contributed by atoms with Gasteiger partial charge in [0.2, 0.25) is 0 Å². The first kappa shape index (κ1) is 24.9. The van der Waals surface area contributed by atoms with Gasteiger partial charge in [-0.3, -0.25) is 9.48 Å². The molecular weight excluding hydrogens is 491 g/mol. The van der Waals surface area contributed by atoms with Crippen molar-refractivity contribution in [3.8, 4) is 0 Å². The molecule has 2 aliphatic rings. The molecule has 3 aromatic rings. The van der Waals surface area contributed by atoms with E-state index >= 15 is 0 Å². The molecule has 2 aliphatic carbocycles. The number of carbonyl (C=O) groups is 1. The number of hydrogen-bond donors (Lipinski definition) is 2. The van der Waals surface area contributed by atoms with Crippen LogP contribution in [0.25, 0.3) is 10.9 Å². The summed E-state index contributed by atoms with van der Waals surface area (Å²) in [5.74, 6) is -0.164. The van der Waals surface area contributed by atoms with E-state index in [0.717, 1.165) is 38.2 Å². The normalized spacial score (nSPS) is 21.4. The Morgan fingerprint density at radius 1 is 1.03 bits per heavy atom. The molecule has 0 bridgehead atoms. The zero-order valence-electron chi connectivity index (χ0n) is 19.8. The van der Waals surface area contributed by atoms with Crippen molar-refractivity contribution >= 4 is 34.1 Å². The first-order valence-corrected chi connectivity index (χ1v) is 12.9. The summed E-state index contributed by atoms with van der Waals surface area (Å²) in [6.07, 6.45) is 7.75. The van der Waals surface area contributed by atoms with Crippen LogP contribution in [0.15, 0.2) is 36.7 Å². The number of hydrogen-bond acceptors (Lipinski definition) is 4. The summed E-state index contributed by atoms with van der Waals surface area (Å²) >= 11 is 6.12. The van der Waals surface area contributed by atoms with E-state index in [0.29, 0.717) is 34.1 Å². The summed E-state index contributed by atoms with van der Waals surface area (Å²) in [5.41, 5.74) is 0.170. The maximum atomic E-state index is 13.5. The summed E-state index contributed by atoms with van der Waals surface area (Å²) < 4.78 is 42.3. The SMILES string of the molecule is O=C(N[C@@H]1CCC[C@H](Nc2cc(C(F)(F)F)nc3ccc(Cl)cc23)C1)c1cnn(C2CCCCC2)c1. The topological polar surface area (TPSA) is 71.8 Å². The van der Waals surface area contributed by atoms with E-state index in [4.69, 9.17) is 11.6 Å². The third kappa shape index (κ3) is 5.61. The van der Waals surface area contributed by atoms with Gasteiger partial charge in [0, 0.05) is 34.4 Å². The number of amides is 1. The Balaban J connectivity index is 1.27. The maximum absolute atomic E-state index is 13.5. The van der Waals surface area contributed by atoms with Crippen LogP contribution in [-0.4, -0.2) is 32.8 Å². The van der Waals surface area contributed by atoms with Gasteiger partial charge in [-0.2, -0.15) is 18.3 Å². The summed E-state index contributed by atoms with van der Waals surface area (Å²) in [6.45, 7) is 0. The van der Waals surface area contributed by atoms with Gasteiger partial charge in [-0.25, -0.2) is 4.98 Å². The molecule has 36 heavy (non-hydrogen) atoms. The third-order valence-electron chi connectivity index (χ3n) is 7.24. The van der Waals surface area contributed by atoms with Gasteiger partial charge in [-0.15, -0.1) is 0 Å². The summed E-state index contributed by atoms with van der Waals surface area (Å²) in [4.78, 5) is 16.7. The van der Waals surface area contributed by atoms with Crippen LogP contribution in [-0.2, 0) is 6.18 Å². The molecule has 0 spiro atoms. The van der Waals surface area contributed by atoms with Gasteiger partial charge < -0.3 is 10.6 Å². The van der Waals surface area contributed by atoms with Crippen LogP contribution in [0, 0.1) is 0 Å². The average molecular weight is 520 g/mol. The fourth-order valence-electron chi connectivity index (χ4n) is 5.40. The lowest BCUT2D eigenvalue weighted by atomic mass is 9.90. The smallest absolute Gasteiger partial charge is 0.382 e. The Hall–Kier alpha value is -2.81. The fraction of sp³-hybridized carbons (Fsp3) is 0.500. The molecule has 1 amide bonds. The molecule has 2 saturated carbocycles. The van der Waals surface area contributed by atoms with Crippen LogP contribution in [0.4, 0.5) is 18.9 Å². The molecule has 2 atom stereocenters. The number of fused-ring (bicyclic) bond motifs is 1. The van der Waals surface area contributed by atoms with Crippen molar-refractivity contribution in [1.29, 1.82) is 0 Å². The van der Waals surface area contributed by atoms with Gasteiger partial charge in [-0.1, -0.05) is 30.9 Å². The van der Waals surface area contributed by atoms with Crippen LogP contribution >= 0.6 is 11.6 Å². The predicted molar refractivity (Wildman–Crippen MR) is 133 cm³/mol. The number of carbonyl (C=O) groups excluding carboxylic acids is 1. The molecule has 0 unspecified atom stereocenters. The highest BCUT2D eigenvalue weighted by atomic mass is 35.5. The lowest BCUT2D eigenvalue weighted by molar-refractivity contribution is -0.140. The fourth-order valence-corrected chi connectivity index (χ4v) is 5.58. The summed E-state index contributed by atoms with van der Waals surface area (Å²) in [7, 11) is 0. The molecule has 0 saturated heterocycles. The van der Waals surface area contributed by atoms with E-state index in [-0.39, 0.29) is 23.5 Å². The minimum Gasteiger partial charge on any atom is -0.382 e. The molecule has 1 aromatic carbocycles. The molecule has 2 N–H and O–H groups in total. The standard InChI is InChI=1S/C26H29ClF3N5O/c27-17-9-10-22-21(11-17)23(13-24(34-22)26(28,29)30)32-18-5-4-6-19(12-18)33-25(36)16-14-31-35(15-16)20-7-2-1-3-8-20/h9-11,13-15,18-20H,1-8,12H2,(H,32,34)(H,33,36)/t18-,19+/m0/s1. The van der Waals surface area contributed by atoms with Gasteiger partial charge in [-0.05, 0) is 62.8 Å². The molecule has 2 heterocycles. The highest BCUT2D eigenvalue weighted by Gasteiger charge is 2.34.